The van der Waals surface area contributed by atoms with Crippen LogP contribution in [0.5, 0.6) is 0 Å². The maximum absolute atomic E-state index is 12.9. The molecular weight excluding hydrogens is 411 g/mol. The highest BCUT2D eigenvalue weighted by atomic mass is 35.5. The predicted octanol–water partition coefficient (Wildman–Crippen LogP) is 3.03. The van der Waals surface area contributed by atoms with Crippen LogP contribution in [0.4, 0.5) is 0 Å². The number of amides is 1. The normalized spacial score (nSPS) is 27.6. The lowest BCUT2D eigenvalue weighted by Gasteiger charge is -2.38. The first-order chi connectivity index (χ1) is 12.7. The highest BCUT2D eigenvalue weighted by molar-refractivity contribution is 7.89. The number of hydrogen-bond donors (Lipinski definition) is 0. The molecule has 0 radical (unpaired) electrons. The number of sulfonamides is 1. The molecule has 0 unspecified atom stereocenters. The zero-order valence-corrected chi connectivity index (χ0v) is 17.7. The van der Waals surface area contributed by atoms with Crippen LogP contribution in [0.1, 0.15) is 26.7 Å². The highest BCUT2D eigenvalue weighted by Crippen LogP contribution is 2.32. The number of benzene rings is 1. The van der Waals surface area contributed by atoms with E-state index in [2.05, 4.69) is 0 Å². The third-order valence-electron chi connectivity index (χ3n) is 5.11. The maximum atomic E-state index is 12.9. The van der Waals surface area contributed by atoms with Crippen molar-refractivity contribution in [2.75, 3.05) is 26.2 Å². The largest absolute Gasteiger partial charge is 0.376 e. The second-order valence-corrected chi connectivity index (χ2v) is 9.89. The Kier molecular flexibility index (Phi) is 6.37. The van der Waals surface area contributed by atoms with Crippen molar-refractivity contribution in [3.63, 3.8) is 0 Å². The molecule has 2 saturated heterocycles. The van der Waals surface area contributed by atoms with Gasteiger partial charge in [0.15, 0.2) is 0 Å². The van der Waals surface area contributed by atoms with Crippen LogP contribution >= 0.6 is 23.2 Å². The van der Waals surface area contributed by atoms with Crippen LogP contribution in [-0.2, 0) is 19.6 Å². The van der Waals surface area contributed by atoms with Gasteiger partial charge in [0.2, 0.25) is 15.9 Å². The van der Waals surface area contributed by atoms with Gasteiger partial charge in [-0.2, -0.15) is 4.31 Å². The molecule has 27 heavy (non-hydrogen) atoms. The standard InChI is InChI=1S/C18H24Cl2N2O4S/c1-12-10-14(11-13(2)26-12)18(23)21-6-8-22(9-7-21)27(24,25)17-15(19)4-3-5-16(17)20/h3-5,12-14H,6-11H2,1-2H3/t12-,13-/m1/s1. The summed E-state index contributed by atoms with van der Waals surface area (Å²) in [6, 6.07) is 4.62. The van der Waals surface area contributed by atoms with Crippen LogP contribution in [0.3, 0.4) is 0 Å². The van der Waals surface area contributed by atoms with Gasteiger partial charge >= 0.3 is 0 Å². The first kappa shape index (κ1) is 20.9. The van der Waals surface area contributed by atoms with E-state index in [1.165, 1.54) is 16.4 Å². The second-order valence-electron chi connectivity index (χ2n) is 7.21. The average Bonchev–Trinajstić information content (AvgIpc) is 2.60. The molecular formula is C18H24Cl2N2O4S. The number of rotatable bonds is 3. The Morgan fingerprint density at radius 2 is 1.56 bits per heavy atom. The van der Waals surface area contributed by atoms with E-state index in [-0.39, 0.29) is 52.1 Å². The van der Waals surface area contributed by atoms with E-state index in [1.807, 2.05) is 13.8 Å². The molecule has 1 aromatic rings. The monoisotopic (exact) mass is 434 g/mol. The van der Waals surface area contributed by atoms with Gasteiger partial charge in [0, 0.05) is 32.1 Å². The minimum absolute atomic E-state index is 0.0618. The molecule has 0 N–H and O–H groups in total. The summed E-state index contributed by atoms with van der Waals surface area (Å²) in [7, 11) is -3.80. The lowest BCUT2D eigenvalue weighted by atomic mass is 9.91. The molecule has 0 spiro atoms. The quantitative estimate of drug-likeness (QED) is 0.732. The van der Waals surface area contributed by atoms with Crippen molar-refractivity contribution in [1.82, 2.24) is 9.21 Å². The smallest absolute Gasteiger partial charge is 0.246 e. The summed E-state index contributed by atoms with van der Waals surface area (Å²) < 4.78 is 32.9. The van der Waals surface area contributed by atoms with Gasteiger partial charge in [-0.15, -0.1) is 0 Å². The Morgan fingerprint density at radius 3 is 2.07 bits per heavy atom. The molecule has 1 aromatic carbocycles. The van der Waals surface area contributed by atoms with E-state index < -0.39 is 10.0 Å². The molecule has 0 aromatic heterocycles. The molecule has 0 aliphatic carbocycles. The van der Waals surface area contributed by atoms with Crippen LogP contribution in [-0.4, -0.2) is 61.9 Å². The van der Waals surface area contributed by atoms with E-state index >= 15 is 0 Å². The number of carbonyl (C=O) groups excluding carboxylic acids is 1. The lowest BCUT2D eigenvalue weighted by Crippen LogP contribution is -2.52. The first-order valence-electron chi connectivity index (χ1n) is 9.08. The number of ether oxygens (including phenoxy) is 1. The summed E-state index contributed by atoms with van der Waals surface area (Å²) in [5.74, 6) is 0.0229. The van der Waals surface area contributed by atoms with Crippen LogP contribution in [0.2, 0.25) is 10.0 Å². The summed E-state index contributed by atoms with van der Waals surface area (Å²) in [5.41, 5.74) is 0. The summed E-state index contributed by atoms with van der Waals surface area (Å²) >= 11 is 12.1. The number of carbonyl (C=O) groups is 1. The summed E-state index contributed by atoms with van der Waals surface area (Å²) in [6.07, 6.45) is 1.53. The predicted molar refractivity (Wildman–Crippen MR) is 105 cm³/mol. The number of halogens is 2. The Morgan fingerprint density at radius 1 is 1.04 bits per heavy atom. The van der Waals surface area contributed by atoms with Crippen LogP contribution < -0.4 is 0 Å². The van der Waals surface area contributed by atoms with Crippen LogP contribution in [0.25, 0.3) is 0 Å². The molecule has 2 fully saturated rings. The van der Waals surface area contributed by atoms with E-state index in [1.54, 1.807) is 11.0 Å². The van der Waals surface area contributed by atoms with Gasteiger partial charge in [-0.1, -0.05) is 29.3 Å². The first-order valence-corrected chi connectivity index (χ1v) is 11.3. The lowest BCUT2D eigenvalue weighted by molar-refractivity contribution is -0.144. The van der Waals surface area contributed by atoms with Gasteiger partial charge < -0.3 is 9.64 Å². The number of nitrogens with zero attached hydrogens (tertiary/aromatic N) is 2. The minimum Gasteiger partial charge on any atom is -0.376 e. The maximum Gasteiger partial charge on any atom is 0.246 e. The molecule has 2 aliphatic rings. The van der Waals surface area contributed by atoms with Crippen molar-refractivity contribution in [2.45, 2.75) is 43.8 Å². The summed E-state index contributed by atoms with van der Waals surface area (Å²) in [5, 5.41) is 0.206. The molecule has 2 aliphatic heterocycles. The molecule has 0 bridgehead atoms. The number of hydrogen-bond acceptors (Lipinski definition) is 4. The Bertz CT molecular complexity index is 779. The van der Waals surface area contributed by atoms with Crippen molar-refractivity contribution in [3.8, 4) is 0 Å². The fraction of sp³-hybridized carbons (Fsp3) is 0.611. The van der Waals surface area contributed by atoms with E-state index in [0.717, 1.165) is 0 Å². The van der Waals surface area contributed by atoms with Crippen molar-refractivity contribution < 1.29 is 17.9 Å². The van der Waals surface area contributed by atoms with Crippen LogP contribution in [0, 0.1) is 5.92 Å². The highest BCUT2D eigenvalue weighted by Gasteiger charge is 2.36. The molecule has 6 nitrogen and oxygen atoms in total. The third-order valence-corrected chi connectivity index (χ3v) is 7.97. The topological polar surface area (TPSA) is 66.9 Å². The average molecular weight is 435 g/mol. The zero-order valence-electron chi connectivity index (χ0n) is 15.4. The minimum atomic E-state index is -3.80. The van der Waals surface area contributed by atoms with E-state index in [4.69, 9.17) is 27.9 Å². The van der Waals surface area contributed by atoms with Crippen LogP contribution in [0.15, 0.2) is 23.1 Å². The molecule has 3 rings (SSSR count). The van der Waals surface area contributed by atoms with Gasteiger partial charge in [-0.3, -0.25) is 4.79 Å². The van der Waals surface area contributed by atoms with Gasteiger partial charge in [-0.05, 0) is 38.8 Å². The number of piperazine rings is 1. The third kappa shape index (κ3) is 4.43. The van der Waals surface area contributed by atoms with Gasteiger partial charge in [-0.25, -0.2) is 8.42 Å². The fourth-order valence-electron chi connectivity index (χ4n) is 3.87. The SMILES string of the molecule is C[C@@H]1CC(C(=O)N2CCN(S(=O)(=O)c3c(Cl)cccc3Cl)CC2)C[C@@H](C)O1. The van der Waals surface area contributed by atoms with Crippen molar-refractivity contribution in [3.05, 3.63) is 28.2 Å². The van der Waals surface area contributed by atoms with Crippen molar-refractivity contribution in [2.24, 2.45) is 5.92 Å². The summed E-state index contributed by atoms with van der Waals surface area (Å²) in [6.45, 7) is 5.13. The van der Waals surface area contributed by atoms with Crippen molar-refractivity contribution in [1.29, 1.82) is 0 Å². The molecule has 1 amide bonds. The Hall–Kier alpha value is -0.860. The molecule has 2 heterocycles. The molecule has 2 atom stereocenters. The van der Waals surface area contributed by atoms with E-state index in [9.17, 15) is 13.2 Å². The van der Waals surface area contributed by atoms with Crippen molar-refractivity contribution >= 4 is 39.1 Å². The Balaban J connectivity index is 1.67. The molecule has 9 heteroatoms. The Labute approximate surface area is 170 Å². The molecule has 150 valence electrons. The van der Waals surface area contributed by atoms with E-state index in [0.29, 0.717) is 25.9 Å². The second kappa shape index (κ2) is 8.25. The molecule has 0 saturated carbocycles. The zero-order chi connectivity index (χ0) is 19.8. The van der Waals surface area contributed by atoms with Gasteiger partial charge in [0.25, 0.3) is 0 Å². The van der Waals surface area contributed by atoms with Gasteiger partial charge in [0.1, 0.15) is 4.90 Å². The summed E-state index contributed by atoms with van der Waals surface area (Å²) in [4.78, 5) is 14.5. The fourth-order valence-corrected chi connectivity index (χ4v) is 6.39. The van der Waals surface area contributed by atoms with Gasteiger partial charge in [0.05, 0.1) is 22.3 Å².